The monoisotopic (exact) mass is 292 g/mol. The van der Waals surface area contributed by atoms with Crippen LogP contribution in [0.15, 0.2) is 42.6 Å². The second-order valence-electron chi connectivity index (χ2n) is 4.70. The molecule has 0 saturated carbocycles. The third-order valence-corrected chi connectivity index (χ3v) is 3.50. The number of halogens is 2. The maximum absolute atomic E-state index is 13.0. The first-order chi connectivity index (χ1) is 9.70. The summed E-state index contributed by atoms with van der Waals surface area (Å²) in [4.78, 5) is 4.18. The number of nitrogens with zero attached hydrogens (tertiary/aromatic N) is 1. The Balaban J connectivity index is 2.19. The fourth-order valence-electron chi connectivity index (χ4n) is 2.08. The van der Waals surface area contributed by atoms with Gasteiger partial charge in [0.05, 0.1) is 17.9 Å². The average Bonchev–Trinajstić information content (AvgIpc) is 2.46. The van der Waals surface area contributed by atoms with Crippen LogP contribution in [0.25, 0.3) is 0 Å². The van der Waals surface area contributed by atoms with Crippen LogP contribution in [0.4, 0.5) is 4.39 Å². The van der Waals surface area contributed by atoms with Crippen LogP contribution in [0.2, 0.25) is 5.02 Å². The smallest absolute Gasteiger partial charge is 0.141 e. The van der Waals surface area contributed by atoms with Crippen molar-refractivity contribution in [3.63, 3.8) is 0 Å². The van der Waals surface area contributed by atoms with Gasteiger partial charge in [0.25, 0.3) is 0 Å². The SMILES string of the molecule is CCCNC(Cc1ccccc1Cl)c1ccc(F)cn1. The fraction of sp³-hybridized carbons (Fsp3) is 0.312. The highest BCUT2D eigenvalue weighted by Gasteiger charge is 2.14. The van der Waals surface area contributed by atoms with Gasteiger partial charge in [-0.15, -0.1) is 0 Å². The molecule has 1 atom stereocenters. The Morgan fingerprint density at radius 3 is 2.70 bits per heavy atom. The number of benzene rings is 1. The second-order valence-corrected chi connectivity index (χ2v) is 5.11. The summed E-state index contributed by atoms with van der Waals surface area (Å²) in [5, 5.41) is 4.19. The maximum Gasteiger partial charge on any atom is 0.141 e. The highest BCUT2D eigenvalue weighted by molar-refractivity contribution is 6.31. The van der Waals surface area contributed by atoms with Crippen molar-refractivity contribution in [2.75, 3.05) is 6.54 Å². The van der Waals surface area contributed by atoms with Crippen LogP contribution >= 0.6 is 11.6 Å². The molecular formula is C16H18ClFN2. The van der Waals surface area contributed by atoms with E-state index in [0.29, 0.717) is 0 Å². The van der Waals surface area contributed by atoms with Crippen LogP contribution in [0.5, 0.6) is 0 Å². The van der Waals surface area contributed by atoms with E-state index in [1.165, 1.54) is 12.3 Å². The molecule has 0 saturated heterocycles. The number of aromatic nitrogens is 1. The van der Waals surface area contributed by atoms with E-state index in [0.717, 1.165) is 35.7 Å². The molecule has 2 nitrogen and oxygen atoms in total. The van der Waals surface area contributed by atoms with Gasteiger partial charge in [0, 0.05) is 5.02 Å². The molecule has 1 heterocycles. The van der Waals surface area contributed by atoms with Crippen molar-refractivity contribution in [1.29, 1.82) is 0 Å². The van der Waals surface area contributed by atoms with Crippen LogP contribution in [0, 0.1) is 5.82 Å². The molecule has 0 spiro atoms. The number of hydrogen-bond donors (Lipinski definition) is 1. The van der Waals surface area contributed by atoms with Gasteiger partial charge in [-0.25, -0.2) is 4.39 Å². The van der Waals surface area contributed by atoms with Gasteiger partial charge >= 0.3 is 0 Å². The van der Waals surface area contributed by atoms with Crippen molar-refractivity contribution >= 4 is 11.6 Å². The van der Waals surface area contributed by atoms with E-state index >= 15 is 0 Å². The Morgan fingerprint density at radius 1 is 1.25 bits per heavy atom. The Kier molecular flexibility index (Phi) is 5.50. The molecule has 0 aliphatic carbocycles. The highest BCUT2D eigenvalue weighted by Crippen LogP contribution is 2.22. The van der Waals surface area contributed by atoms with Crippen LogP contribution in [0.3, 0.4) is 0 Å². The number of rotatable bonds is 6. The van der Waals surface area contributed by atoms with Gasteiger partial charge in [0.2, 0.25) is 0 Å². The first-order valence-corrected chi connectivity index (χ1v) is 7.16. The summed E-state index contributed by atoms with van der Waals surface area (Å²) in [5.41, 5.74) is 1.90. The lowest BCUT2D eigenvalue weighted by molar-refractivity contribution is 0.514. The van der Waals surface area contributed by atoms with Gasteiger partial charge in [-0.05, 0) is 43.1 Å². The van der Waals surface area contributed by atoms with E-state index < -0.39 is 0 Å². The van der Waals surface area contributed by atoms with E-state index in [1.807, 2.05) is 24.3 Å². The van der Waals surface area contributed by atoms with Crippen LogP contribution in [-0.4, -0.2) is 11.5 Å². The lowest BCUT2D eigenvalue weighted by Crippen LogP contribution is -2.25. The summed E-state index contributed by atoms with van der Waals surface area (Å²) in [6.45, 7) is 2.99. The van der Waals surface area contributed by atoms with E-state index in [1.54, 1.807) is 6.07 Å². The van der Waals surface area contributed by atoms with E-state index in [2.05, 4.69) is 17.2 Å². The Bertz CT molecular complexity index is 542. The predicted octanol–water partition coefficient (Wildman–Crippen LogP) is 4.16. The first kappa shape index (κ1) is 14.9. The van der Waals surface area contributed by atoms with Crippen LogP contribution < -0.4 is 5.32 Å². The lowest BCUT2D eigenvalue weighted by Gasteiger charge is -2.18. The third-order valence-electron chi connectivity index (χ3n) is 3.13. The zero-order valence-corrected chi connectivity index (χ0v) is 12.2. The van der Waals surface area contributed by atoms with Gasteiger partial charge in [0.15, 0.2) is 0 Å². The minimum Gasteiger partial charge on any atom is -0.308 e. The first-order valence-electron chi connectivity index (χ1n) is 6.79. The Labute approximate surface area is 124 Å². The zero-order valence-electron chi connectivity index (χ0n) is 11.4. The number of hydrogen-bond acceptors (Lipinski definition) is 2. The highest BCUT2D eigenvalue weighted by atomic mass is 35.5. The van der Waals surface area contributed by atoms with Crippen LogP contribution in [-0.2, 0) is 6.42 Å². The summed E-state index contributed by atoms with van der Waals surface area (Å²) in [6.07, 6.45) is 3.01. The van der Waals surface area contributed by atoms with Crippen molar-refractivity contribution in [1.82, 2.24) is 10.3 Å². The molecule has 1 aromatic heterocycles. The third kappa shape index (κ3) is 4.02. The molecular weight excluding hydrogens is 275 g/mol. The second kappa shape index (κ2) is 7.36. The molecule has 2 rings (SSSR count). The fourth-order valence-corrected chi connectivity index (χ4v) is 2.29. The normalized spacial score (nSPS) is 12.3. The minimum absolute atomic E-state index is 0.0375. The summed E-state index contributed by atoms with van der Waals surface area (Å²) in [5.74, 6) is -0.319. The standard InChI is InChI=1S/C16H18ClFN2/c1-2-9-19-16(15-8-7-13(18)11-20-15)10-12-5-3-4-6-14(12)17/h3-8,11,16,19H,2,9-10H2,1H3. The van der Waals surface area contributed by atoms with Crippen LogP contribution in [0.1, 0.15) is 30.6 Å². The molecule has 0 bridgehead atoms. The molecule has 0 aliphatic heterocycles. The average molecular weight is 293 g/mol. The van der Waals surface area contributed by atoms with E-state index in [-0.39, 0.29) is 11.9 Å². The molecule has 1 unspecified atom stereocenters. The Hall–Kier alpha value is -1.45. The zero-order chi connectivity index (χ0) is 14.4. The molecule has 0 fully saturated rings. The van der Waals surface area contributed by atoms with E-state index in [4.69, 9.17) is 11.6 Å². The Morgan fingerprint density at radius 2 is 2.05 bits per heavy atom. The minimum atomic E-state index is -0.319. The van der Waals surface area contributed by atoms with Crippen molar-refractivity contribution < 1.29 is 4.39 Å². The molecule has 20 heavy (non-hydrogen) atoms. The molecule has 0 radical (unpaired) electrons. The molecule has 1 aromatic carbocycles. The van der Waals surface area contributed by atoms with Gasteiger partial charge < -0.3 is 5.32 Å². The van der Waals surface area contributed by atoms with Crippen molar-refractivity contribution in [2.24, 2.45) is 0 Å². The molecule has 1 N–H and O–H groups in total. The quantitative estimate of drug-likeness (QED) is 0.865. The predicted molar refractivity (Wildman–Crippen MR) is 80.4 cm³/mol. The molecule has 2 aromatic rings. The van der Waals surface area contributed by atoms with Gasteiger partial charge in [-0.3, -0.25) is 4.98 Å². The number of nitrogens with one attached hydrogen (secondary N) is 1. The molecule has 4 heteroatoms. The maximum atomic E-state index is 13.0. The van der Waals surface area contributed by atoms with Crippen molar-refractivity contribution in [2.45, 2.75) is 25.8 Å². The van der Waals surface area contributed by atoms with Crippen molar-refractivity contribution in [3.8, 4) is 0 Å². The summed E-state index contributed by atoms with van der Waals surface area (Å²) in [7, 11) is 0. The largest absolute Gasteiger partial charge is 0.308 e. The lowest BCUT2D eigenvalue weighted by atomic mass is 10.0. The molecule has 0 amide bonds. The molecule has 106 valence electrons. The summed E-state index contributed by atoms with van der Waals surface area (Å²) >= 11 is 6.21. The number of pyridine rings is 1. The molecule has 0 aliphatic rings. The summed E-state index contributed by atoms with van der Waals surface area (Å²) < 4.78 is 13.0. The van der Waals surface area contributed by atoms with Crippen molar-refractivity contribution in [3.05, 3.63) is 64.7 Å². The van der Waals surface area contributed by atoms with Gasteiger partial charge in [0.1, 0.15) is 5.82 Å². The van der Waals surface area contributed by atoms with Gasteiger partial charge in [-0.1, -0.05) is 36.7 Å². The summed E-state index contributed by atoms with van der Waals surface area (Å²) in [6, 6.07) is 11.0. The topological polar surface area (TPSA) is 24.9 Å². The van der Waals surface area contributed by atoms with E-state index in [9.17, 15) is 4.39 Å². The van der Waals surface area contributed by atoms with Gasteiger partial charge in [-0.2, -0.15) is 0 Å².